The molecule has 0 N–H and O–H groups in total. The molecule has 19 aromatic carbocycles. The average Bonchev–Trinajstić information content (AvgIpc) is 1.54. The number of fused-ring (bicyclic) bond motifs is 13. The number of aromatic nitrogens is 4. The van der Waals surface area contributed by atoms with Crippen LogP contribution in [0.1, 0.15) is 44.5 Å². The van der Waals surface area contributed by atoms with E-state index < -0.39 is 10.8 Å². The van der Waals surface area contributed by atoms with E-state index in [9.17, 15) is 0 Å². The molecule has 0 spiro atoms. The summed E-state index contributed by atoms with van der Waals surface area (Å²) < 4.78 is 4.87. The van der Waals surface area contributed by atoms with E-state index in [1.807, 2.05) is 0 Å². The van der Waals surface area contributed by atoms with E-state index in [0.29, 0.717) is 0 Å². The molecule has 3 aromatic heterocycles. The summed E-state index contributed by atoms with van der Waals surface area (Å²) in [5.41, 5.74) is 38.4. The molecule has 3 heterocycles. The van der Waals surface area contributed by atoms with E-state index in [0.717, 1.165) is 89.2 Å². The molecular weight excluding hydrogens is 1470 g/mol. The smallest absolute Gasteiger partial charge is 0.0979 e. The fraction of sp³-hybridized carbons (Fsp3) is 0.0169. The second-order valence-electron chi connectivity index (χ2n) is 32.5. The van der Waals surface area contributed by atoms with Crippen LogP contribution in [-0.4, -0.2) is 19.1 Å². The zero-order valence-corrected chi connectivity index (χ0v) is 66.7. The molecule has 0 radical (unpaired) electrons. The number of hydrogen-bond acceptors (Lipinski definition) is 2. The van der Waals surface area contributed by atoms with Crippen molar-refractivity contribution in [1.82, 2.24) is 19.1 Å². The minimum atomic E-state index is -0.649. The van der Waals surface area contributed by atoms with Crippen LogP contribution in [-0.2, 0) is 10.8 Å². The van der Waals surface area contributed by atoms with Crippen molar-refractivity contribution in [3.05, 3.63) is 506 Å². The molecule has 122 heavy (non-hydrogen) atoms. The first-order chi connectivity index (χ1) is 60.5. The third kappa shape index (κ3) is 11.0. The van der Waals surface area contributed by atoms with Gasteiger partial charge in [0.1, 0.15) is 0 Å². The van der Waals surface area contributed by atoms with Crippen LogP contribution in [0.3, 0.4) is 0 Å². The van der Waals surface area contributed by atoms with E-state index in [4.69, 9.17) is 9.97 Å². The van der Waals surface area contributed by atoms with Gasteiger partial charge >= 0.3 is 0 Å². The Hall–Kier alpha value is -15.9. The van der Waals surface area contributed by atoms with Gasteiger partial charge in [-0.05, 0) is 207 Å². The van der Waals surface area contributed by atoms with E-state index >= 15 is 0 Å². The van der Waals surface area contributed by atoms with Crippen LogP contribution >= 0.6 is 0 Å². The second-order valence-corrected chi connectivity index (χ2v) is 32.5. The summed E-state index contributed by atoms with van der Waals surface area (Å²) in [6.07, 6.45) is 0. The minimum absolute atomic E-state index is 0.649. The number of rotatable bonds is 14. The van der Waals surface area contributed by atoms with Crippen molar-refractivity contribution in [3.63, 3.8) is 0 Å². The first-order valence-electron chi connectivity index (χ1n) is 42.2. The Morgan fingerprint density at radius 1 is 0.164 bits per heavy atom. The fourth-order valence-electron chi connectivity index (χ4n) is 20.6. The SMILES string of the molecule is c1ccc(-c2ccc3c(c2)c2cc(-c4ccccc4)ccc2n3-c2ccc(-c3nc4c(-c5ccc6c(c5)C(c5ccccc5)(c5ccccc5)c5ccccc5-6)ccc(-c5ccc6c(c5)C(c5ccccc5)(c5ccccc5)c5ccccc5-6)c4nc3-c3ccc(-n4c5ccc(-c6ccccc6)cc5c5cc(-c6ccccc6)ccc54)cc3)cc2)cc1. The first-order valence-corrected chi connectivity index (χ1v) is 42.2. The maximum Gasteiger partial charge on any atom is 0.0979 e. The molecule has 2 aliphatic carbocycles. The van der Waals surface area contributed by atoms with E-state index in [2.05, 4.69) is 470 Å². The minimum Gasteiger partial charge on any atom is -0.309 e. The van der Waals surface area contributed by atoms with Gasteiger partial charge in [-0.1, -0.05) is 376 Å². The van der Waals surface area contributed by atoms with E-state index in [1.165, 1.54) is 133 Å². The van der Waals surface area contributed by atoms with Crippen LogP contribution in [0.15, 0.2) is 461 Å². The Morgan fingerprint density at radius 2 is 0.402 bits per heavy atom. The van der Waals surface area contributed by atoms with Gasteiger partial charge in [0.25, 0.3) is 0 Å². The third-order valence-corrected chi connectivity index (χ3v) is 26.1. The molecule has 0 bridgehead atoms. The van der Waals surface area contributed by atoms with Crippen LogP contribution in [0.25, 0.3) is 178 Å². The Bertz CT molecular complexity index is 7110. The Balaban J connectivity index is 0.757. The quantitative estimate of drug-likeness (QED) is 0.109. The van der Waals surface area contributed by atoms with Crippen molar-refractivity contribution in [3.8, 4) is 123 Å². The van der Waals surface area contributed by atoms with Crippen LogP contribution in [0.4, 0.5) is 0 Å². The first kappa shape index (κ1) is 70.3. The fourth-order valence-corrected chi connectivity index (χ4v) is 20.6. The van der Waals surface area contributed by atoms with E-state index in [1.54, 1.807) is 0 Å². The maximum absolute atomic E-state index is 6.31. The normalized spacial score (nSPS) is 12.9. The summed E-state index contributed by atoms with van der Waals surface area (Å²) in [6.45, 7) is 0. The zero-order valence-electron chi connectivity index (χ0n) is 66.7. The predicted molar refractivity (Wildman–Crippen MR) is 506 cm³/mol. The summed E-state index contributed by atoms with van der Waals surface area (Å²) in [4.78, 5) is 12.6. The molecule has 0 saturated heterocycles. The van der Waals surface area contributed by atoms with Crippen LogP contribution < -0.4 is 0 Å². The van der Waals surface area contributed by atoms with Crippen LogP contribution in [0.2, 0.25) is 0 Å². The average molecular weight is 1550 g/mol. The molecule has 24 rings (SSSR count). The van der Waals surface area contributed by atoms with Crippen molar-refractivity contribution in [2.24, 2.45) is 0 Å². The molecule has 22 aromatic rings. The zero-order chi connectivity index (χ0) is 80.4. The summed E-state index contributed by atoms with van der Waals surface area (Å²) in [6, 6.07) is 171. The number of benzene rings is 19. The summed E-state index contributed by atoms with van der Waals surface area (Å²) in [5, 5.41) is 4.75. The molecule has 0 fully saturated rings. The molecule has 4 heteroatoms. The standard InChI is InChI=1S/C118H76N4/c1-9-29-77(30-10-1)83-55-67-109-101(71-83)102-72-84(78-31-11-2-12-32-78)56-68-110(102)121(109)93-59-49-81(50-60-93)113-114(82-51-61-94(62-52-82)122-111-69-57-85(79-33-13-3-14-34-79)73-103(111)104-74-86(58-70-112(104)122)80-35-15-4-16-36-80)120-116-96(88-54-64-100-98-46-26-28-48-106(98)118(108(100)76-88,91-41-21-7-22-42-91)92-43-23-8-24-44-92)66-65-95(115(116)119-113)87-53-63-99-97-45-25-27-47-105(97)117(107(99)75-87,89-37-17-5-18-38-89)90-39-19-6-20-40-90/h1-76H. The molecule has 0 aliphatic heterocycles. The van der Waals surface area contributed by atoms with Gasteiger partial charge in [-0.3, -0.25) is 0 Å². The largest absolute Gasteiger partial charge is 0.309 e. The van der Waals surface area contributed by atoms with Gasteiger partial charge in [0.05, 0.1) is 55.3 Å². The Morgan fingerprint density at radius 3 is 0.697 bits per heavy atom. The van der Waals surface area contributed by atoms with Crippen molar-refractivity contribution in [1.29, 1.82) is 0 Å². The van der Waals surface area contributed by atoms with Gasteiger partial charge in [0, 0.05) is 55.2 Å². The van der Waals surface area contributed by atoms with Gasteiger partial charge in [0.2, 0.25) is 0 Å². The van der Waals surface area contributed by atoms with Gasteiger partial charge < -0.3 is 9.13 Å². The van der Waals surface area contributed by atoms with Crippen molar-refractivity contribution in [2.75, 3.05) is 0 Å². The Labute approximate surface area is 708 Å². The molecule has 2 aliphatic rings. The Kier molecular flexibility index (Phi) is 16.4. The molecule has 0 saturated carbocycles. The lowest BCUT2D eigenvalue weighted by atomic mass is 9.67. The highest BCUT2D eigenvalue weighted by Crippen LogP contribution is 2.60. The monoisotopic (exact) mass is 1550 g/mol. The lowest BCUT2D eigenvalue weighted by molar-refractivity contribution is 0.769. The topological polar surface area (TPSA) is 35.6 Å². The molecule has 4 nitrogen and oxygen atoms in total. The van der Waals surface area contributed by atoms with Crippen molar-refractivity contribution >= 4 is 54.6 Å². The highest BCUT2D eigenvalue weighted by Gasteiger charge is 2.48. The molecule has 0 atom stereocenters. The summed E-state index contributed by atoms with van der Waals surface area (Å²) in [5.74, 6) is 0. The van der Waals surface area contributed by atoms with E-state index in [-0.39, 0.29) is 0 Å². The number of hydrogen-bond donors (Lipinski definition) is 0. The molecule has 0 unspecified atom stereocenters. The van der Waals surface area contributed by atoms with Gasteiger partial charge in [-0.2, -0.15) is 0 Å². The highest BCUT2D eigenvalue weighted by atomic mass is 15.0. The van der Waals surface area contributed by atoms with Gasteiger partial charge in [-0.25, -0.2) is 9.97 Å². The number of nitrogens with zero attached hydrogens (tertiary/aromatic N) is 4. The van der Waals surface area contributed by atoms with Crippen LogP contribution in [0.5, 0.6) is 0 Å². The molecular formula is C118H76N4. The summed E-state index contributed by atoms with van der Waals surface area (Å²) >= 11 is 0. The lowest BCUT2D eigenvalue weighted by Crippen LogP contribution is -2.28. The maximum atomic E-state index is 6.31. The third-order valence-electron chi connectivity index (χ3n) is 26.1. The molecule has 568 valence electrons. The highest BCUT2D eigenvalue weighted by molar-refractivity contribution is 6.14. The second kappa shape index (κ2) is 28.5. The van der Waals surface area contributed by atoms with Gasteiger partial charge in [-0.15, -0.1) is 0 Å². The summed E-state index contributed by atoms with van der Waals surface area (Å²) in [7, 11) is 0. The van der Waals surface area contributed by atoms with Gasteiger partial charge in [0.15, 0.2) is 0 Å². The lowest BCUT2D eigenvalue weighted by Gasteiger charge is -2.34. The van der Waals surface area contributed by atoms with Crippen LogP contribution in [0, 0.1) is 0 Å². The van der Waals surface area contributed by atoms with Crippen molar-refractivity contribution in [2.45, 2.75) is 10.8 Å². The molecule has 0 amide bonds. The van der Waals surface area contributed by atoms with Crippen molar-refractivity contribution < 1.29 is 0 Å². The predicted octanol–water partition coefficient (Wildman–Crippen LogP) is 29.9.